The second-order valence-electron chi connectivity index (χ2n) is 3.60. The summed E-state index contributed by atoms with van der Waals surface area (Å²) in [5, 5.41) is 3.30. The molecule has 98 valence electrons. The molecule has 1 aromatic carbocycles. The van der Waals surface area contributed by atoms with Gasteiger partial charge in [0.2, 0.25) is 11.7 Å². The molecule has 0 atom stereocenters. The fraction of sp³-hybridized carbons (Fsp3) is 0.0769. The number of hydrogen-bond acceptors (Lipinski definition) is 4. The van der Waals surface area contributed by atoms with Crippen molar-refractivity contribution in [2.75, 3.05) is 12.4 Å². The van der Waals surface area contributed by atoms with Crippen LogP contribution in [0.1, 0.15) is 10.6 Å². The molecule has 19 heavy (non-hydrogen) atoms. The molecular weight excluding hydrogens is 270 g/mol. The highest BCUT2D eigenvalue weighted by Crippen LogP contribution is 2.36. The number of carbonyl (C=O) groups is 2. The Morgan fingerprint density at radius 1 is 1.47 bits per heavy atom. The van der Waals surface area contributed by atoms with E-state index in [1.807, 2.05) is 0 Å². The van der Waals surface area contributed by atoms with Crippen LogP contribution in [0.15, 0.2) is 35.3 Å². The molecule has 0 saturated heterocycles. The number of carbonyl (C=O) groups excluding carboxylic acids is 2. The van der Waals surface area contributed by atoms with E-state index >= 15 is 0 Å². The fourth-order valence-electron chi connectivity index (χ4n) is 1.64. The second kappa shape index (κ2) is 5.16. The summed E-state index contributed by atoms with van der Waals surface area (Å²) in [5.41, 5.74) is 0.560. The molecule has 1 aromatic heterocycles. The molecule has 0 aliphatic carbocycles. The van der Waals surface area contributed by atoms with Crippen molar-refractivity contribution in [3.05, 3.63) is 41.6 Å². The Kier molecular flexibility index (Phi) is 3.57. The van der Waals surface area contributed by atoms with E-state index in [1.54, 1.807) is 18.2 Å². The summed E-state index contributed by atoms with van der Waals surface area (Å²) in [6.07, 6.45) is 1.08. The van der Waals surface area contributed by atoms with Crippen LogP contribution < -0.4 is 5.32 Å². The second-order valence-corrected chi connectivity index (χ2v) is 4.01. The first-order chi connectivity index (χ1) is 9.08. The summed E-state index contributed by atoms with van der Waals surface area (Å²) in [7, 11) is 1.22. The summed E-state index contributed by atoms with van der Waals surface area (Å²) >= 11 is 6.06. The highest BCUT2D eigenvalue weighted by atomic mass is 35.5. The third-order valence-electron chi connectivity index (χ3n) is 2.47. The first kappa shape index (κ1) is 13.2. The molecule has 0 unspecified atom stereocenters. The lowest BCUT2D eigenvalue weighted by molar-refractivity contribution is -0.111. The molecule has 5 nitrogen and oxygen atoms in total. The Bertz CT molecular complexity index is 675. The quantitative estimate of drug-likeness (QED) is 0.693. The minimum absolute atomic E-state index is 0.110. The number of rotatable bonds is 3. The summed E-state index contributed by atoms with van der Waals surface area (Å²) in [6.45, 7) is 3.35. The van der Waals surface area contributed by atoms with Gasteiger partial charge in [-0.2, -0.15) is 0 Å². The molecule has 1 N–H and O–H groups in total. The maximum absolute atomic E-state index is 11.6. The van der Waals surface area contributed by atoms with Gasteiger partial charge in [0.15, 0.2) is 0 Å². The van der Waals surface area contributed by atoms with Gasteiger partial charge in [-0.25, -0.2) is 4.79 Å². The average Bonchev–Trinajstić information content (AvgIpc) is 2.78. The van der Waals surface area contributed by atoms with Crippen molar-refractivity contribution in [1.29, 1.82) is 0 Å². The number of furan rings is 1. The van der Waals surface area contributed by atoms with E-state index in [2.05, 4.69) is 16.6 Å². The SMILES string of the molecule is C=CC(=O)Nc1c(C(=O)OC)oc2cccc(Cl)c12. The summed E-state index contributed by atoms with van der Waals surface area (Å²) in [5.74, 6) is -1.29. The van der Waals surface area contributed by atoms with Crippen molar-refractivity contribution < 1.29 is 18.7 Å². The van der Waals surface area contributed by atoms with Crippen LogP contribution in [0.4, 0.5) is 5.69 Å². The van der Waals surface area contributed by atoms with Gasteiger partial charge in [-0.1, -0.05) is 24.2 Å². The molecule has 0 bridgehead atoms. The van der Waals surface area contributed by atoms with E-state index in [1.165, 1.54) is 7.11 Å². The largest absolute Gasteiger partial charge is 0.463 e. The van der Waals surface area contributed by atoms with E-state index in [-0.39, 0.29) is 11.4 Å². The number of benzene rings is 1. The van der Waals surface area contributed by atoms with Crippen molar-refractivity contribution in [3.63, 3.8) is 0 Å². The number of fused-ring (bicyclic) bond motifs is 1. The number of ether oxygens (including phenoxy) is 1. The van der Waals surface area contributed by atoms with Crippen LogP contribution in [0.2, 0.25) is 5.02 Å². The molecule has 0 fully saturated rings. The lowest BCUT2D eigenvalue weighted by Crippen LogP contribution is -2.11. The Morgan fingerprint density at radius 3 is 2.84 bits per heavy atom. The van der Waals surface area contributed by atoms with Gasteiger partial charge in [-0.05, 0) is 18.2 Å². The van der Waals surface area contributed by atoms with Gasteiger partial charge in [-0.15, -0.1) is 0 Å². The zero-order valence-corrected chi connectivity index (χ0v) is 10.8. The third kappa shape index (κ3) is 2.32. The van der Waals surface area contributed by atoms with E-state index in [9.17, 15) is 9.59 Å². The van der Waals surface area contributed by atoms with Gasteiger partial charge in [0.1, 0.15) is 11.3 Å². The molecule has 0 saturated carbocycles. The maximum atomic E-state index is 11.6. The Labute approximate surface area is 113 Å². The minimum Gasteiger partial charge on any atom is -0.463 e. The Balaban J connectivity index is 2.70. The molecule has 1 amide bonds. The number of esters is 1. The van der Waals surface area contributed by atoms with Crippen molar-refractivity contribution in [2.45, 2.75) is 0 Å². The van der Waals surface area contributed by atoms with Crippen molar-refractivity contribution in [1.82, 2.24) is 0 Å². The van der Waals surface area contributed by atoms with Crippen LogP contribution in [0.5, 0.6) is 0 Å². The third-order valence-corrected chi connectivity index (χ3v) is 2.78. The maximum Gasteiger partial charge on any atom is 0.376 e. The monoisotopic (exact) mass is 279 g/mol. The smallest absolute Gasteiger partial charge is 0.376 e. The van der Waals surface area contributed by atoms with Crippen molar-refractivity contribution in [3.8, 4) is 0 Å². The van der Waals surface area contributed by atoms with Crippen LogP contribution >= 0.6 is 11.6 Å². The number of methoxy groups -OCH3 is 1. The van der Waals surface area contributed by atoms with Crippen LogP contribution in [0, 0.1) is 0 Å². The predicted molar refractivity (Wildman–Crippen MR) is 71.4 cm³/mol. The van der Waals surface area contributed by atoms with Gasteiger partial charge in [-0.3, -0.25) is 4.79 Å². The number of hydrogen-bond donors (Lipinski definition) is 1. The summed E-state index contributed by atoms with van der Waals surface area (Å²) < 4.78 is 9.98. The van der Waals surface area contributed by atoms with Crippen LogP contribution in [0.25, 0.3) is 11.0 Å². The molecule has 0 aliphatic rings. The Morgan fingerprint density at radius 2 is 2.21 bits per heavy atom. The fourth-order valence-corrected chi connectivity index (χ4v) is 1.90. The average molecular weight is 280 g/mol. The molecule has 0 aliphatic heterocycles. The zero-order valence-electron chi connectivity index (χ0n) is 10.0. The molecule has 1 heterocycles. The summed E-state index contributed by atoms with van der Waals surface area (Å²) in [4.78, 5) is 23.1. The van der Waals surface area contributed by atoms with Gasteiger partial charge in [0.25, 0.3) is 0 Å². The minimum atomic E-state index is -0.702. The van der Waals surface area contributed by atoms with Gasteiger partial charge < -0.3 is 14.5 Å². The molecule has 2 aromatic rings. The van der Waals surface area contributed by atoms with E-state index in [0.29, 0.717) is 16.0 Å². The number of nitrogens with one attached hydrogen (secondary N) is 1. The molecule has 6 heteroatoms. The zero-order chi connectivity index (χ0) is 14.0. The molecule has 0 spiro atoms. The first-order valence-electron chi connectivity index (χ1n) is 5.31. The lowest BCUT2D eigenvalue weighted by atomic mass is 10.2. The van der Waals surface area contributed by atoms with E-state index < -0.39 is 11.9 Å². The van der Waals surface area contributed by atoms with Crippen LogP contribution in [0.3, 0.4) is 0 Å². The summed E-state index contributed by atoms with van der Waals surface area (Å²) in [6, 6.07) is 4.94. The number of amides is 1. The van der Waals surface area contributed by atoms with Gasteiger partial charge >= 0.3 is 5.97 Å². The molecular formula is C13H10ClNO4. The predicted octanol–water partition coefficient (Wildman–Crippen LogP) is 3.00. The van der Waals surface area contributed by atoms with E-state index in [4.69, 9.17) is 16.0 Å². The van der Waals surface area contributed by atoms with Crippen molar-refractivity contribution >= 4 is 40.1 Å². The number of halogens is 1. The highest BCUT2D eigenvalue weighted by molar-refractivity contribution is 6.37. The van der Waals surface area contributed by atoms with Crippen LogP contribution in [-0.4, -0.2) is 19.0 Å². The normalized spacial score (nSPS) is 10.2. The van der Waals surface area contributed by atoms with Gasteiger partial charge in [0, 0.05) is 0 Å². The molecule has 0 radical (unpaired) electrons. The molecule has 2 rings (SSSR count). The highest BCUT2D eigenvalue weighted by Gasteiger charge is 2.23. The first-order valence-corrected chi connectivity index (χ1v) is 5.69. The van der Waals surface area contributed by atoms with Crippen molar-refractivity contribution in [2.24, 2.45) is 0 Å². The standard InChI is InChI=1S/C13H10ClNO4/c1-3-9(16)15-11-10-7(14)5-4-6-8(10)19-12(11)13(17)18-2/h3-6H,1H2,2H3,(H,15,16). The van der Waals surface area contributed by atoms with Gasteiger partial charge in [0.05, 0.1) is 17.5 Å². The number of anilines is 1. The Hall–Kier alpha value is -2.27. The van der Waals surface area contributed by atoms with E-state index in [0.717, 1.165) is 6.08 Å². The lowest BCUT2D eigenvalue weighted by Gasteiger charge is -2.02. The van der Waals surface area contributed by atoms with Crippen LogP contribution in [-0.2, 0) is 9.53 Å². The topological polar surface area (TPSA) is 68.5 Å².